The number of hydrogen-bond donors (Lipinski definition) is 1. The van der Waals surface area contributed by atoms with Crippen molar-refractivity contribution in [2.75, 3.05) is 6.54 Å². The fourth-order valence-corrected chi connectivity index (χ4v) is 7.13. The standard InChI is InChI=1S/C22H27N7O2/c30-19-6-17(11-28(19)12-18-3-1-2-4-23-18)20(31)26-21-7-15-5-16(8-21)10-22(9-15,13-21)29-25-14-24-27-29/h1-4,14-17H,5-13H2,(H,26,31). The molecule has 162 valence electrons. The number of nitrogens with one attached hydrogen (secondary N) is 1. The van der Waals surface area contributed by atoms with Crippen LogP contribution in [0.5, 0.6) is 0 Å². The van der Waals surface area contributed by atoms with Crippen molar-refractivity contribution >= 4 is 11.8 Å². The molecule has 2 aromatic rings. The van der Waals surface area contributed by atoms with Gasteiger partial charge in [-0.05, 0) is 67.7 Å². The first-order valence-electron chi connectivity index (χ1n) is 11.3. The van der Waals surface area contributed by atoms with Gasteiger partial charge in [0.25, 0.3) is 0 Å². The Labute approximate surface area is 180 Å². The molecule has 0 aromatic carbocycles. The first kappa shape index (κ1) is 18.9. The van der Waals surface area contributed by atoms with Crippen molar-refractivity contribution in [1.82, 2.24) is 35.4 Å². The highest BCUT2D eigenvalue weighted by atomic mass is 16.2. The van der Waals surface area contributed by atoms with E-state index in [1.165, 1.54) is 12.7 Å². The Morgan fingerprint density at radius 2 is 2.03 bits per heavy atom. The van der Waals surface area contributed by atoms with Crippen LogP contribution in [0.1, 0.15) is 50.6 Å². The largest absolute Gasteiger partial charge is 0.350 e. The molecule has 1 N–H and O–H groups in total. The van der Waals surface area contributed by atoms with E-state index in [0.29, 0.717) is 24.9 Å². The van der Waals surface area contributed by atoms with Crippen LogP contribution < -0.4 is 5.32 Å². The normalized spacial score (nSPS) is 36.2. The molecule has 2 aromatic heterocycles. The van der Waals surface area contributed by atoms with Gasteiger partial charge in [-0.15, -0.1) is 10.2 Å². The summed E-state index contributed by atoms with van der Waals surface area (Å²) in [7, 11) is 0. The Morgan fingerprint density at radius 3 is 2.74 bits per heavy atom. The van der Waals surface area contributed by atoms with Crippen molar-refractivity contribution in [3.05, 3.63) is 36.4 Å². The summed E-state index contributed by atoms with van der Waals surface area (Å²) in [6, 6.07) is 5.69. The van der Waals surface area contributed by atoms with Crippen LogP contribution in [0.25, 0.3) is 0 Å². The Bertz CT molecular complexity index is 979. The molecule has 3 unspecified atom stereocenters. The fraction of sp³-hybridized carbons (Fsp3) is 0.636. The Hall–Kier alpha value is -2.84. The monoisotopic (exact) mass is 421 g/mol. The van der Waals surface area contributed by atoms with Gasteiger partial charge in [-0.2, -0.15) is 4.80 Å². The van der Waals surface area contributed by atoms with Gasteiger partial charge in [0.2, 0.25) is 11.8 Å². The zero-order valence-corrected chi connectivity index (χ0v) is 17.5. The summed E-state index contributed by atoms with van der Waals surface area (Å²) in [6.45, 7) is 0.916. The molecule has 2 amide bonds. The topological polar surface area (TPSA) is 106 Å². The molecule has 9 nitrogen and oxygen atoms in total. The number of rotatable bonds is 5. The second kappa shape index (κ2) is 6.83. The predicted molar refractivity (Wildman–Crippen MR) is 109 cm³/mol. The van der Waals surface area contributed by atoms with Crippen molar-refractivity contribution in [3.63, 3.8) is 0 Å². The van der Waals surface area contributed by atoms with Gasteiger partial charge in [-0.25, -0.2) is 0 Å². The molecule has 1 aliphatic heterocycles. The predicted octanol–water partition coefficient (Wildman–Crippen LogP) is 1.28. The molecule has 9 heteroatoms. The Kier molecular flexibility index (Phi) is 4.16. The van der Waals surface area contributed by atoms with Crippen LogP contribution >= 0.6 is 0 Å². The lowest BCUT2D eigenvalue weighted by molar-refractivity contribution is -0.135. The fourth-order valence-electron chi connectivity index (χ4n) is 7.13. The molecule has 4 saturated carbocycles. The maximum absolute atomic E-state index is 13.3. The summed E-state index contributed by atoms with van der Waals surface area (Å²) in [6.07, 6.45) is 9.76. The van der Waals surface area contributed by atoms with Crippen molar-refractivity contribution < 1.29 is 9.59 Å². The number of pyridine rings is 1. The van der Waals surface area contributed by atoms with Gasteiger partial charge >= 0.3 is 0 Å². The first-order valence-corrected chi connectivity index (χ1v) is 11.3. The summed E-state index contributed by atoms with van der Waals surface area (Å²) in [5, 5.41) is 16.0. The third kappa shape index (κ3) is 3.21. The van der Waals surface area contributed by atoms with E-state index in [-0.39, 0.29) is 35.2 Å². The van der Waals surface area contributed by atoms with Crippen LogP contribution in [0.4, 0.5) is 0 Å². The van der Waals surface area contributed by atoms with Gasteiger partial charge in [0, 0.05) is 24.7 Å². The number of carbonyl (C=O) groups is 2. The smallest absolute Gasteiger partial charge is 0.225 e. The lowest BCUT2D eigenvalue weighted by atomic mass is 9.50. The lowest BCUT2D eigenvalue weighted by Gasteiger charge is -2.61. The van der Waals surface area contributed by atoms with E-state index in [4.69, 9.17) is 0 Å². The first-order chi connectivity index (χ1) is 15.0. The van der Waals surface area contributed by atoms with Gasteiger partial charge in [0.1, 0.15) is 0 Å². The Morgan fingerprint density at radius 1 is 1.19 bits per heavy atom. The summed E-state index contributed by atoms with van der Waals surface area (Å²) in [4.78, 5) is 33.7. The minimum absolute atomic E-state index is 0.0144. The second-order valence-corrected chi connectivity index (χ2v) is 10.2. The van der Waals surface area contributed by atoms with Crippen molar-refractivity contribution in [2.45, 2.75) is 62.6 Å². The molecular weight excluding hydrogens is 394 g/mol. The number of aromatic nitrogens is 5. The van der Waals surface area contributed by atoms with Gasteiger partial charge in [0.05, 0.1) is 23.7 Å². The van der Waals surface area contributed by atoms with Crippen molar-refractivity contribution in [2.24, 2.45) is 17.8 Å². The maximum atomic E-state index is 13.3. The van der Waals surface area contributed by atoms with E-state index >= 15 is 0 Å². The van der Waals surface area contributed by atoms with Crippen molar-refractivity contribution in [1.29, 1.82) is 0 Å². The van der Waals surface area contributed by atoms with Crippen LogP contribution in [-0.2, 0) is 21.7 Å². The molecule has 5 fully saturated rings. The average Bonchev–Trinajstić information content (AvgIpc) is 3.39. The number of amides is 2. The quantitative estimate of drug-likeness (QED) is 0.780. The number of carbonyl (C=O) groups excluding carboxylic acids is 2. The molecule has 4 bridgehead atoms. The zero-order chi connectivity index (χ0) is 21.1. The van der Waals surface area contributed by atoms with Crippen LogP contribution in [0.3, 0.4) is 0 Å². The maximum Gasteiger partial charge on any atom is 0.225 e. The van der Waals surface area contributed by atoms with Crippen LogP contribution in [0.15, 0.2) is 30.7 Å². The van der Waals surface area contributed by atoms with E-state index in [0.717, 1.165) is 37.8 Å². The molecule has 3 atom stereocenters. The highest BCUT2D eigenvalue weighted by Crippen LogP contribution is 2.60. The number of tetrazole rings is 1. The molecule has 3 heterocycles. The Balaban J connectivity index is 1.17. The summed E-state index contributed by atoms with van der Waals surface area (Å²) in [5.74, 6) is 0.904. The molecular formula is C22H27N7O2. The zero-order valence-electron chi connectivity index (χ0n) is 17.5. The van der Waals surface area contributed by atoms with E-state index in [1.54, 1.807) is 15.9 Å². The molecule has 4 aliphatic carbocycles. The summed E-state index contributed by atoms with van der Waals surface area (Å²) < 4.78 is 0. The van der Waals surface area contributed by atoms with Crippen molar-refractivity contribution in [3.8, 4) is 0 Å². The lowest BCUT2D eigenvalue weighted by Crippen LogP contribution is -2.66. The average molecular weight is 422 g/mol. The van der Waals surface area contributed by atoms with E-state index in [1.807, 2.05) is 18.2 Å². The SMILES string of the molecule is O=C(NC12CC3CC(C1)CC(n1ncnn1)(C3)C2)C1CC(=O)N(Cc2ccccn2)C1. The van der Waals surface area contributed by atoms with Crippen LogP contribution in [-0.4, -0.2) is 54.0 Å². The molecule has 0 radical (unpaired) electrons. The van der Waals surface area contributed by atoms with Gasteiger partial charge in [-0.3, -0.25) is 14.6 Å². The molecule has 7 rings (SSSR count). The number of likely N-dealkylation sites (tertiary alicyclic amines) is 1. The van der Waals surface area contributed by atoms with Gasteiger partial charge < -0.3 is 10.2 Å². The summed E-state index contributed by atoms with van der Waals surface area (Å²) >= 11 is 0. The minimum atomic E-state index is -0.301. The molecule has 31 heavy (non-hydrogen) atoms. The molecule has 0 spiro atoms. The number of nitrogens with zero attached hydrogens (tertiary/aromatic N) is 6. The molecule has 1 saturated heterocycles. The second-order valence-electron chi connectivity index (χ2n) is 10.2. The van der Waals surface area contributed by atoms with E-state index in [9.17, 15) is 9.59 Å². The van der Waals surface area contributed by atoms with Gasteiger partial charge in [-0.1, -0.05) is 6.07 Å². The third-order valence-corrected chi connectivity index (χ3v) is 7.86. The highest BCUT2D eigenvalue weighted by Gasteiger charge is 2.60. The summed E-state index contributed by atoms with van der Waals surface area (Å²) in [5.41, 5.74) is 0.497. The third-order valence-electron chi connectivity index (χ3n) is 7.86. The van der Waals surface area contributed by atoms with Crippen LogP contribution in [0, 0.1) is 17.8 Å². The van der Waals surface area contributed by atoms with E-state index < -0.39 is 0 Å². The highest BCUT2D eigenvalue weighted by molar-refractivity contribution is 5.89. The van der Waals surface area contributed by atoms with Gasteiger partial charge in [0.15, 0.2) is 6.33 Å². The molecule has 5 aliphatic rings. The van der Waals surface area contributed by atoms with Crippen LogP contribution in [0.2, 0.25) is 0 Å². The minimum Gasteiger partial charge on any atom is -0.350 e. The number of hydrogen-bond acceptors (Lipinski definition) is 6. The van der Waals surface area contributed by atoms with E-state index in [2.05, 4.69) is 25.7 Å².